The van der Waals surface area contributed by atoms with E-state index in [1.807, 2.05) is 0 Å². The van der Waals surface area contributed by atoms with Gasteiger partial charge in [0.15, 0.2) is 0 Å². The van der Waals surface area contributed by atoms with Gasteiger partial charge in [-0.05, 0) is 86.8 Å². The van der Waals surface area contributed by atoms with Gasteiger partial charge in [-0.25, -0.2) is 0 Å². The van der Waals surface area contributed by atoms with Gasteiger partial charge < -0.3 is 0 Å². The zero-order chi connectivity index (χ0) is 17.0. The van der Waals surface area contributed by atoms with Crippen LogP contribution < -0.4 is 10.4 Å². The van der Waals surface area contributed by atoms with E-state index >= 15 is 0 Å². The van der Waals surface area contributed by atoms with Crippen molar-refractivity contribution < 1.29 is 0 Å². The molecular weight excluding hydrogens is 288 g/mol. The molecule has 0 fully saturated rings. The van der Waals surface area contributed by atoms with E-state index < -0.39 is 0 Å². The Labute approximate surface area is 143 Å². The Balaban J connectivity index is 2.10. The van der Waals surface area contributed by atoms with E-state index in [1.165, 1.54) is 55.1 Å². The molecule has 0 aromatic heterocycles. The molecule has 1 aliphatic rings. The Morgan fingerprint density at radius 3 is 2.17 bits per heavy atom. The smallest absolute Gasteiger partial charge is 0.0102 e. The maximum atomic E-state index is 4.48. The second-order valence-corrected chi connectivity index (χ2v) is 7.48. The third kappa shape index (κ3) is 2.13. The van der Waals surface area contributed by atoms with Crippen LogP contribution in [0.2, 0.25) is 0 Å². The Morgan fingerprint density at radius 1 is 1.00 bits per heavy atom. The molecule has 0 heteroatoms. The monoisotopic (exact) mass is 312 g/mol. The van der Waals surface area contributed by atoms with Crippen LogP contribution in [0.1, 0.15) is 37.3 Å². The molecule has 120 valence electrons. The first kappa shape index (κ1) is 15.2. The minimum Gasteiger partial charge on any atom is -0.0998 e. The molecular formula is C24H24. The van der Waals surface area contributed by atoms with Crippen molar-refractivity contribution in [2.45, 2.75) is 32.6 Å². The lowest BCUT2D eigenvalue weighted by Gasteiger charge is -2.31. The molecule has 1 aliphatic carbocycles. The predicted octanol–water partition coefficient (Wildman–Crippen LogP) is 5.06. The van der Waals surface area contributed by atoms with Gasteiger partial charge in [0.1, 0.15) is 0 Å². The van der Waals surface area contributed by atoms with Crippen LogP contribution in [0.25, 0.3) is 34.7 Å². The van der Waals surface area contributed by atoms with Crippen LogP contribution in [-0.2, 0) is 6.42 Å². The first-order valence-corrected chi connectivity index (χ1v) is 8.78. The summed E-state index contributed by atoms with van der Waals surface area (Å²) in [6.07, 6.45) is 2.22. The lowest BCUT2D eigenvalue weighted by atomic mass is 9.73. The van der Waals surface area contributed by atoms with Gasteiger partial charge in [0.25, 0.3) is 0 Å². The lowest BCUT2D eigenvalue weighted by molar-refractivity contribution is 0.469. The second-order valence-electron chi connectivity index (χ2n) is 7.48. The fourth-order valence-corrected chi connectivity index (χ4v) is 4.47. The van der Waals surface area contributed by atoms with Crippen LogP contribution in [0.4, 0.5) is 0 Å². The van der Waals surface area contributed by atoms with Crippen LogP contribution in [0.15, 0.2) is 48.6 Å². The molecule has 3 aromatic carbocycles. The number of allylic oxidation sites excluding steroid dienone is 1. The average molecular weight is 312 g/mol. The zero-order valence-corrected chi connectivity index (χ0v) is 14.7. The predicted molar refractivity (Wildman–Crippen MR) is 107 cm³/mol. The molecule has 24 heavy (non-hydrogen) atoms. The SMILES string of the molecule is C=C(C)C1Cc2c(c(=C)c3cc4ccccc4cc3c2=C)C(C)C1. The van der Waals surface area contributed by atoms with Crippen molar-refractivity contribution in [2.75, 3.05) is 0 Å². The Bertz CT molecular complexity index is 1080. The molecule has 2 atom stereocenters. The molecule has 3 aromatic rings. The minimum atomic E-state index is 0.513. The van der Waals surface area contributed by atoms with Crippen LogP contribution in [0.5, 0.6) is 0 Å². The molecule has 0 heterocycles. The Kier molecular flexibility index (Phi) is 3.38. The molecule has 0 spiro atoms. The highest BCUT2D eigenvalue weighted by Gasteiger charge is 2.26. The number of hydrogen-bond donors (Lipinski definition) is 0. The fourth-order valence-electron chi connectivity index (χ4n) is 4.47. The van der Waals surface area contributed by atoms with E-state index in [4.69, 9.17) is 0 Å². The molecule has 0 bridgehead atoms. The number of hydrogen-bond acceptors (Lipinski definition) is 0. The first-order valence-electron chi connectivity index (χ1n) is 8.78. The van der Waals surface area contributed by atoms with Crippen LogP contribution in [0.3, 0.4) is 0 Å². The second kappa shape index (κ2) is 5.34. The summed E-state index contributed by atoms with van der Waals surface area (Å²) in [7, 11) is 0. The van der Waals surface area contributed by atoms with Crippen molar-refractivity contribution >= 4 is 34.7 Å². The van der Waals surface area contributed by atoms with Crippen LogP contribution in [-0.4, -0.2) is 0 Å². The van der Waals surface area contributed by atoms with Crippen molar-refractivity contribution in [1.29, 1.82) is 0 Å². The molecule has 0 aliphatic heterocycles. The van der Waals surface area contributed by atoms with Gasteiger partial charge in [0.05, 0.1) is 0 Å². The minimum absolute atomic E-state index is 0.513. The summed E-state index contributed by atoms with van der Waals surface area (Å²) in [4.78, 5) is 0. The highest BCUT2D eigenvalue weighted by atomic mass is 14.3. The largest absolute Gasteiger partial charge is 0.0998 e. The van der Waals surface area contributed by atoms with Crippen molar-refractivity contribution in [1.82, 2.24) is 0 Å². The molecule has 0 nitrogen and oxygen atoms in total. The summed E-state index contributed by atoms with van der Waals surface area (Å²) < 4.78 is 0. The lowest BCUT2D eigenvalue weighted by Crippen LogP contribution is -2.31. The molecule has 4 rings (SSSR count). The van der Waals surface area contributed by atoms with Crippen molar-refractivity contribution in [3.63, 3.8) is 0 Å². The third-order valence-corrected chi connectivity index (χ3v) is 5.83. The van der Waals surface area contributed by atoms with E-state index in [-0.39, 0.29) is 0 Å². The number of rotatable bonds is 1. The molecule has 2 unspecified atom stereocenters. The summed E-state index contributed by atoms with van der Waals surface area (Å²) in [5, 5.41) is 7.46. The van der Waals surface area contributed by atoms with Gasteiger partial charge in [0, 0.05) is 0 Å². The van der Waals surface area contributed by atoms with E-state index in [1.54, 1.807) is 0 Å². The van der Waals surface area contributed by atoms with Gasteiger partial charge in [0.2, 0.25) is 0 Å². The van der Waals surface area contributed by atoms with Gasteiger partial charge in [-0.3, -0.25) is 0 Å². The summed E-state index contributed by atoms with van der Waals surface area (Å²) in [5.41, 5.74) is 4.13. The summed E-state index contributed by atoms with van der Waals surface area (Å²) >= 11 is 0. The van der Waals surface area contributed by atoms with E-state index in [9.17, 15) is 0 Å². The van der Waals surface area contributed by atoms with Gasteiger partial charge in [-0.15, -0.1) is 0 Å². The third-order valence-electron chi connectivity index (χ3n) is 5.83. The van der Waals surface area contributed by atoms with Gasteiger partial charge in [-0.1, -0.05) is 56.5 Å². The quantitative estimate of drug-likeness (QED) is 0.435. The summed E-state index contributed by atoms with van der Waals surface area (Å²) in [6.45, 7) is 17.7. The van der Waals surface area contributed by atoms with E-state index in [0.29, 0.717) is 11.8 Å². The van der Waals surface area contributed by atoms with Crippen LogP contribution in [0, 0.1) is 5.92 Å². The van der Waals surface area contributed by atoms with Crippen LogP contribution >= 0.6 is 0 Å². The topological polar surface area (TPSA) is 0 Å². The van der Waals surface area contributed by atoms with Crippen molar-refractivity contribution in [2.24, 2.45) is 5.92 Å². The highest BCUT2D eigenvalue weighted by Crippen LogP contribution is 2.35. The fraction of sp³-hybridized carbons (Fsp3) is 0.250. The first-order chi connectivity index (χ1) is 11.5. The van der Waals surface area contributed by atoms with E-state index in [0.717, 1.165) is 6.42 Å². The maximum absolute atomic E-state index is 4.48. The average Bonchev–Trinajstić information content (AvgIpc) is 2.57. The van der Waals surface area contributed by atoms with E-state index in [2.05, 4.69) is 70.0 Å². The number of fused-ring (bicyclic) bond motifs is 3. The van der Waals surface area contributed by atoms with Crippen molar-refractivity contribution in [3.8, 4) is 0 Å². The summed E-state index contributed by atoms with van der Waals surface area (Å²) in [5.74, 6) is 1.07. The highest BCUT2D eigenvalue weighted by molar-refractivity contribution is 5.99. The van der Waals surface area contributed by atoms with Crippen molar-refractivity contribution in [3.05, 3.63) is 70.1 Å². The normalized spacial score (nSPS) is 20.2. The standard InChI is InChI=1S/C24H24/c1-14(2)20-10-15(3)24-17(5)22-12-19-9-7-6-8-18(19)11-21(22)16(4)23(24)13-20/h6-9,11-12,15,20H,1,4-5,10,13H2,2-3H3. The molecule has 0 amide bonds. The molecule has 0 N–H and O–H groups in total. The van der Waals surface area contributed by atoms with Gasteiger partial charge >= 0.3 is 0 Å². The summed E-state index contributed by atoms with van der Waals surface area (Å²) in [6, 6.07) is 13.1. The Hall–Kier alpha value is -2.34. The molecule has 0 saturated carbocycles. The molecule has 0 radical (unpaired) electrons. The van der Waals surface area contributed by atoms with Gasteiger partial charge in [-0.2, -0.15) is 0 Å². The molecule has 0 saturated heterocycles. The Morgan fingerprint density at radius 2 is 1.58 bits per heavy atom. The number of benzene rings is 3. The maximum Gasteiger partial charge on any atom is -0.0102 e. The zero-order valence-electron chi connectivity index (χ0n) is 14.7.